The van der Waals surface area contributed by atoms with Crippen molar-refractivity contribution >= 4 is 17.7 Å². The van der Waals surface area contributed by atoms with E-state index in [1.807, 2.05) is 0 Å². The fourth-order valence-electron chi connectivity index (χ4n) is 2.67. The summed E-state index contributed by atoms with van der Waals surface area (Å²) in [7, 11) is 0. The first-order valence-corrected chi connectivity index (χ1v) is 7.18. The summed E-state index contributed by atoms with van der Waals surface area (Å²) < 4.78 is 1.29. The number of carboxylic acids is 1. The first kappa shape index (κ1) is 14.6. The zero-order valence-corrected chi connectivity index (χ0v) is 11.5. The Morgan fingerprint density at radius 1 is 1.35 bits per heavy atom. The minimum absolute atomic E-state index is 0.0452. The standard InChI is InChI=1S/C14H21N3O3/c18-13(7-6-11-4-2-1-3-5-11)15-12-8-9-17(16-12)10-14(19)20/h8-9,11H,1-7,10H2,(H,19,20)(H,15,16,18). The molecule has 1 aromatic rings. The molecule has 1 aromatic heterocycles. The van der Waals surface area contributed by atoms with Crippen molar-refractivity contribution in [2.45, 2.75) is 51.5 Å². The molecule has 110 valence electrons. The van der Waals surface area contributed by atoms with E-state index in [4.69, 9.17) is 5.11 Å². The van der Waals surface area contributed by atoms with Crippen LogP contribution in [0, 0.1) is 5.92 Å². The molecule has 1 aliphatic rings. The van der Waals surface area contributed by atoms with E-state index in [1.165, 1.54) is 36.8 Å². The molecular weight excluding hydrogens is 258 g/mol. The number of hydrogen-bond donors (Lipinski definition) is 2. The third kappa shape index (κ3) is 4.68. The van der Waals surface area contributed by atoms with E-state index in [-0.39, 0.29) is 12.5 Å². The van der Waals surface area contributed by atoms with Crippen molar-refractivity contribution < 1.29 is 14.7 Å². The Labute approximate surface area is 118 Å². The first-order valence-electron chi connectivity index (χ1n) is 7.18. The van der Waals surface area contributed by atoms with Crippen LogP contribution in [0.5, 0.6) is 0 Å². The van der Waals surface area contributed by atoms with Gasteiger partial charge in [-0.3, -0.25) is 14.3 Å². The molecule has 20 heavy (non-hydrogen) atoms. The van der Waals surface area contributed by atoms with Crippen LogP contribution in [0.1, 0.15) is 44.9 Å². The molecule has 2 rings (SSSR count). The van der Waals surface area contributed by atoms with Crippen molar-refractivity contribution in [3.05, 3.63) is 12.3 Å². The smallest absolute Gasteiger partial charge is 0.325 e. The molecule has 0 aliphatic heterocycles. The van der Waals surface area contributed by atoms with Gasteiger partial charge >= 0.3 is 5.97 Å². The Balaban J connectivity index is 1.73. The zero-order valence-electron chi connectivity index (χ0n) is 11.5. The molecule has 0 atom stereocenters. The number of anilines is 1. The molecular formula is C14H21N3O3. The summed E-state index contributed by atoms with van der Waals surface area (Å²) in [5, 5.41) is 15.3. The van der Waals surface area contributed by atoms with Crippen molar-refractivity contribution in [2.24, 2.45) is 5.92 Å². The Bertz CT molecular complexity index is 464. The molecule has 0 saturated heterocycles. The van der Waals surface area contributed by atoms with Gasteiger partial charge in [0, 0.05) is 18.7 Å². The van der Waals surface area contributed by atoms with Gasteiger partial charge in [0.15, 0.2) is 5.82 Å². The van der Waals surface area contributed by atoms with E-state index in [2.05, 4.69) is 10.4 Å². The molecule has 0 radical (unpaired) electrons. The quantitative estimate of drug-likeness (QED) is 0.836. The number of carboxylic acid groups (broad SMARTS) is 1. The fraction of sp³-hybridized carbons (Fsp3) is 0.643. The topological polar surface area (TPSA) is 84.2 Å². The summed E-state index contributed by atoms with van der Waals surface area (Å²) in [4.78, 5) is 22.3. The van der Waals surface area contributed by atoms with Gasteiger partial charge in [0.2, 0.25) is 5.91 Å². The second-order valence-corrected chi connectivity index (χ2v) is 5.38. The van der Waals surface area contributed by atoms with Crippen molar-refractivity contribution in [2.75, 3.05) is 5.32 Å². The van der Waals surface area contributed by atoms with Gasteiger partial charge in [0.25, 0.3) is 0 Å². The molecule has 0 unspecified atom stereocenters. The highest BCUT2D eigenvalue weighted by Crippen LogP contribution is 2.27. The lowest BCUT2D eigenvalue weighted by Crippen LogP contribution is -2.16. The summed E-state index contributed by atoms with van der Waals surface area (Å²) in [5.74, 6) is 0.0957. The van der Waals surface area contributed by atoms with Crippen LogP contribution in [0.2, 0.25) is 0 Å². The highest BCUT2D eigenvalue weighted by molar-refractivity contribution is 5.89. The average Bonchev–Trinajstić information content (AvgIpc) is 2.84. The van der Waals surface area contributed by atoms with Crippen LogP contribution < -0.4 is 5.32 Å². The van der Waals surface area contributed by atoms with E-state index in [1.54, 1.807) is 12.3 Å². The third-order valence-electron chi connectivity index (χ3n) is 3.71. The average molecular weight is 279 g/mol. The van der Waals surface area contributed by atoms with E-state index < -0.39 is 5.97 Å². The predicted molar refractivity (Wildman–Crippen MR) is 74.3 cm³/mol. The number of amides is 1. The monoisotopic (exact) mass is 279 g/mol. The van der Waals surface area contributed by atoms with Gasteiger partial charge in [-0.15, -0.1) is 0 Å². The second kappa shape index (κ2) is 7.07. The number of rotatable bonds is 6. The number of hydrogen-bond acceptors (Lipinski definition) is 3. The molecule has 0 bridgehead atoms. The summed E-state index contributed by atoms with van der Waals surface area (Å²) in [5.41, 5.74) is 0. The van der Waals surface area contributed by atoms with Gasteiger partial charge in [-0.2, -0.15) is 5.10 Å². The van der Waals surface area contributed by atoms with Gasteiger partial charge in [0.1, 0.15) is 6.54 Å². The number of aliphatic carboxylic acids is 1. The van der Waals surface area contributed by atoms with E-state index in [9.17, 15) is 9.59 Å². The zero-order chi connectivity index (χ0) is 14.4. The van der Waals surface area contributed by atoms with Crippen LogP contribution in [0.4, 0.5) is 5.82 Å². The van der Waals surface area contributed by atoms with Crippen LogP contribution in [0.25, 0.3) is 0 Å². The molecule has 1 saturated carbocycles. The van der Waals surface area contributed by atoms with Crippen molar-refractivity contribution in [1.82, 2.24) is 9.78 Å². The maximum atomic E-state index is 11.8. The molecule has 0 spiro atoms. The van der Waals surface area contributed by atoms with Gasteiger partial charge in [-0.05, 0) is 12.3 Å². The van der Waals surface area contributed by atoms with Gasteiger partial charge in [-0.25, -0.2) is 0 Å². The summed E-state index contributed by atoms with van der Waals surface area (Å²) in [6, 6.07) is 1.61. The predicted octanol–water partition coefficient (Wildman–Crippen LogP) is 2.27. The minimum Gasteiger partial charge on any atom is -0.480 e. The fourth-order valence-corrected chi connectivity index (χ4v) is 2.67. The normalized spacial score (nSPS) is 16.0. The van der Waals surface area contributed by atoms with Crippen molar-refractivity contribution in [1.29, 1.82) is 0 Å². The first-order chi connectivity index (χ1) is 9.63. The lowest BCUT2D eigenvalue weighted by atomic mass is 9.86. The number of carbonyl (C=O) groups excluding carboxylic acids is 1. The largest absolute Gasteiger partial charge is 0.480 e. The van der Waals surface area contributed by atoms with Crippen LogP contribution >= 0.6 is 0 Å². The van der Waals surface area contributed by atoms with Crippen molar-refractivity contribution in [3.8, 4) is 0 Å². The molecule has 1 amide bonds. The summed E-state index contributed by atoms with van der Waals surface area (Å²) in [6.45, 7) is -0.196. The Hall–Kier alpha value is -1.85. The van der Waals surface area contributed by atoms with Gasteiger partial charge < -0.3 is 10.4 Å². The maximum Gasteiger partial charge on any atom is 0.325 e. The summed E-state index contributed by atoms with van der Waals surface area (Å²) in [6.07, 6.45) is 9.35. The van der Waals surface area contributed by atoms with E-state index in [0.717, 1.165) is 6.42 Å². The Morgan fingerprint density at radius 2 is 2.10 bits per heavy atom. The Kier molecular flexibility index (Phi) is 5.15. The van der Waals surface area contributed by atoms with Gasteiger partial charge in [0.05, 0.1) is 0 Å². The Morgan fingerprint density at radius 3 is 2.80 bits per heavy atom. The van der Waals surface area contributed by atoms with Gasteiger partial charge in [-0.1, -0.05) is 32.1 Å². The highest BCUT2D eigenvalue weighted by Gasteiger charge is 2.15. The van der Waals surface area contributed by atoms with Crippen LogP contribution in [-0.4, -0.2) is 26.8 Å². The lowest BCUT2D eigenvalue weighted by molar-refractivity contribution is -0.137. The highest BCUT2D eigenvalue weighted by atomic mass is 16.4. The van der Waals surface area contributed by atoms with Crippen molar-refractivity contribution in [3.63, 3.8) is 0 Å². The number of nitrogens with zero attached hydrogens (tertiary/aromatic N) is 2. The van der Waals surface area contributed by atoms with Crippen LogP contribution in [0.15, 0.2) is 12.3 Å². The molecule has 6 heteroatoms. The minimum atomic E-state index is -0.955. The van der Waals surface area contributed by atoms with E-state index >= 15 is 0 Å². The van der Waals surface area contributed by atoms with Crippen LogP contribution in [-0.2, 0) is 16.1 Å². The molecule has 1 aliphatic carbocycles. The molecule has 2 N–H and O–H groups in total. The molecule has 6 nitrogen and oxygen atoms in total. The number of carbonyl (C=O) groups is 2. The number of nitrogens with one attached hydrogen (secondary N) is 1. The van der Waals surface area contributed by atoms with Crippen LogP contribution in [0.3, 0.4) is 0 Å². The third-order valence-corrected chi connectivity index (χ3v) is 3.71. The molecule has 1 fully saturated rings. The summed E-state index contributed by atoms with van der Waals surface area (Å²) >= 11 is 0. The number of aromatic nitrogens is 2. The molecule has 1 heterocycles. The molecule has 0 aromatic carbocycles. The maximum absolute atomic E-state index is 11.8. The lowest BCUT2D eigenvalue weighted by Gasteiger charge is -2.20. The SMILES string of the molecule is O=C(O)Cn1ccc(NC(=O)CCC2CCCCC2)n1. The van der Waals surface area contributed by atoms with E-state index in [0.29, 0.717) is 18.2 Å². The second-order valence-electron chi connectivity index (χ2n) is 5.38.